The summed E-state index contributed by atoms with van der Waals surface area (Å²) in [4.78, 5) is 129. The van der Waals surface area contributed by atoms with Crippen molar-refractivity contribution in [3.05, 3.63) is 243 Å². The molecule has 0 fully saturated rings. The highest BCUT2D eigenvalue weighted by Crippen LogP contribution is 2.45. The average molecular weight is 2020 g/mol. The first-order chi connectivity index (χ1) is 54.5. The Hall–Kier alpha value is -11.6. The summed E-state index contributed by atoms with van der Waals surface area (Å²) in [7, 11) is -1.34. The van der Waals surface area contributed by atoms with Gasteiger partial charge in [-0.15, -0.1) is 0 Å². The van der Waals surface area contributed by atoms with Crippen molar-refractivity contribution in [2.75, 3.05) is 59.3 Å². The molecule has 31 nitrogen and oxygen atoms in total. The molecule has 0 heterocycles. The monoisotopic (exact) mass is 2020 g/mol. The van der Waals surface area contributed by atoms with Crippen LogP contribution in [0, 0.1) is 71.1 Å². The molecule has 9 rings (SSSR count). The number of nitrogens with two attached hydrogens (primary N) is 2. The molecular weight excluding hydrogens is 1960 g/mol. The number of nitro groups is 3. The summed E-state index contributed by atoms with van der Waals surface area (Å²) in [6.07, 6.45) is 0. The Bertz CT molecular complexity index is 5160. The van der Waals surface area contributed by atoms with Gasteiger partial charge in [-0.2, -0.15) is 4.39 Å². The molecule has 0 bridgehead atoms. The van der Waals surface area contributed by atoms with Gasteiger partial charge in [0.25, 0.3) is 0 Å². The highest BCUT2D eigenvalue weighted by Gasteiger charge is 2.31. The molecule has 45 heteroatoms. The fraction of sp³-hybridized carbons (Fsp3) is 0.125. The molecule has 0 aliphatic rings. The molecule has 0 saturated heterocycles. The van der Waals surface area contributed by atoms with Crippen LogP contribution < -0.4 is 64.8 Å². The van der Waals surface area contributed by atoms with Gasteiger partial charge in [0.05, 0.1) is 65.8 Å². The fourth-order valence-corrected chi connectivity index (χ4v) is 11.0. The molecule has 0 atom stereocenters. The number of carbonyl (C=O) groups excluding carboxylic acids is 9. The molecule has 620 valence electrons. The minimum Gasteiger partial charge on any atom is -0.423 e. The van der Waals surface area contributed by atoms with E-state index in [1.807, 2.05) is 11.4 Å². The van der Waals surface area contributed by atoms with Crippen LogP contribution in [0.5, 0.6) is 0 Å². The van der Waals surface area contributed by atoms with Crippen molar-refractivity contribution in [1.82, 2.24) is 0 Å². The zero-order chi connectivity index (χ0) is 89.2. The van der Waals surface area contributed by atoms with Crippen LogP contribution in [-0.2, 0) is 43.2 Å². The standard InChI is InChI=1S/C16H14FN3O4.C10H9BrFN3O4.C10H10BrFN2O2.C8H6BrFN2O3.C8H8BrFN2O.C8H7BrFNO.C6H7BO2.C6H5BrFN/c1-9(21)18-13-8-12(17)15(19-10(2)22)16(20(23)24)14(13)11-6-4-3-5-7-11;1-4(16)13-7-3-6(12)9(14-5(2)17)10(8(7)11)15(18)19;1-5(15)13-9-4-8(12)10(3-7(9)11)14-6(2)16;1-4(13)11-7-3-6(10)8(12(14)15)2-5(7)9;1-4(13)12-8-3-6(10)7(11)2-5(8)9;1-5(12)11-8-4-6(10)2-3-7(8)9;8-7(9)6-4-2-1-3-5-6;7-5-2-1-4(8)3-6(5)9/h3-8H,1-2H3,(H,18,21)(H,19,22);3H,1-2H3,(H,13,16)(H,14,17);3-4H,1-2H3,(H,13,15)(H,14,16);2-3H,1H3,(H,11,13);2-3H,11H2,1H3,(H,12,13);2-4H,1H3,(H,11,12);1-5,8-9H;1-3H,9H2. The van der Waals surface area contributed by atoms with Gasteiger partial charge in [-0.1, -0.05) is 60.7 Å². The van der Waals surface area contributed by atoms with Gasteiger partial charge in [-0.3, -0.25) is 73.5 Å². The van der Waals surface area contributed by atoms with E-state index in [-0.39, 0.29) is 84.1 Å². The zero-order valence-electron chi connectivity index (χ0n) is 61.9. The second-order valence-corrected chi connectivity index (χ2v) is 27.8. The topological polar surface area (TPSA) is 484 Å². The van der Waals surface area contributed by atoms with Crippen LogP contribution in [0.1, 0.15) is 62.3 Å². The van der Waals surface area contributed by atoms with Gasteiger partial charge in [-0.25, -0.2) is 26.3 Å². The maximum Gasteiger partial charge on any atom is 0.488 e. The molecule has 0 aliphatic carbocycles. The molecule has 9 amide bonds. The highest BCUT2D eigenvalue weighted by atomic mass is 79.9. The summed E-state index contributed by atoms with van der Waals surface area (Å²) < 4.78 is 95.0. The molecule has 0 unspecified atom stereocenters. The molecule has 9 aromatic rings. The Balaban J connectivity index is 0.000000462. The van der Waals surface area contributed by atoms with E-state index in [0.29, 0.717) is 47.2 Å². The lowest BCUT2D eigenvalue weighted by molar-refractivity contribution is -0.387. The van der Waals surface area contributed by atoms with Gasteiger partial charge in [-0.05, 0) is 155 Å². The minimum atomic E-state index is -1.34. The van der Waals surface area contributed by atoms with Crippen molar-refractivity contribution >= 4 is 241 Å². The van der Waals surface area contributed by atoms with Crippen LogP contribution in [0.15, 0.2) is 172 Å². The van der Waals surface area contributed by atoms with E-state index in [9.17, 15) is 104 Å². The third kappa shape index (κ3) is 36.0. The van der Waals surface area contributed by atoms with Crippen LogP contribution in [-0.4, -0.2) is 85.1 Å². The van der Waals surface area contributed by atoms with Crippen molar-refractivity contribution < 1.29 is 98.7 Å². The fourth-order valence-electron chi connectivity index (χ4n) is 8.51. The van der Waals surface area contributed by atoms with Crippen molar-refractivity contribution in [2.24, 2.45) is 0 Å². The Morgan fingerprint density at radius 2 is 0.684 bits per heavy atom. The largest absolute Gasteiger partial charge is 0.488 e. The molecule has 117 heavy (non-hydrogen) atoms. The predicted octanol–water partition coefficient (Wildman–Crippen LogP) is 16.9. The SMILES string of the molecule is CC(=O)Nc1cc(Br)c(NC(C)=O)cc1F.CC(=O)Nc1cc(F)c(N)cc1Br.CC(=O)Nc1cc(F)c(NC(C)=O)c([N+](=O)[O-])c1-c1ccccc1.CC(=O)Nc1cc(F)c(NC(C)=O)c([N+](=O)[O-])c1Br.CC(=O)Nc1cc(F)c([N+](=O)[O-])cc1Br.CC(=O)Nc1cc(F)ccc1Br.Nc1cc(F)ccc1Br.OB(O)c1ccccc1. The lowest BCUT2D eigenvalue weighted by atomic mass is 9.81. The number of benzene rings is 9. The van der Waals surface area contributed by atoms with Crippen LogP contribution in [0.25, 0.3) is 11.1 Å². The summed E-state index contributed by atoms with van der Waals surface area (Å²) in [6, 6.07) is 34.0. The molecule has 15 N–H and O–H groups in total. The zero-order valence-corrected chi connectivity index (χ0v) is 71.4. The van der Waals surface area contributed by atoms with E-state index in [2.05, 4.69) is 138 Å². The van der Waals surface area contributed by atoms with E-state index in [0.717, 1.165) is 48.7 Å². The molecule has 0 aromatic heterocycles. The maximum atomic E-state index is 14.3. The second kappa shape index (κ2) is 49.3. The lowest BCUT2D eigenvalue weighted by Crippen LogP contribution is -2.29. The first-order valence-corrected chi connectivity index (χ1v) is 36.9. The normalized spacial score (nSPS) is 9.78. The predicted molar refractivity (Wildman–Crippen MR) is 450 cm³/mol. The number of nitrogens with one attached hydrogen (secondary N) is 9. The van der Waals surface area contributed by atoms with E-state index in [1.165, 1.54) is 90.9 Å². The first kappa shape index (κ1) is 101. The van der Waals surface area contributed by atoms with Gasteiger partial charge in [0.15, 0.2) is 23.0 Å². The molecule has 0 radical (unpaired) electrons. The average Bonchev–Trinajstić information content (AvgIpc) is 0.775. The quantitative estimate of drug-likeness (QED) is 0.0158. The van der Waals surface area contributed by atoms with Crippen molar-refractivity contribution in [2.45, 2.75) is 62.3 Å². The molecular formula is C72H66BBr6F7N14O17. The van der Waals surface area contributed by atoms with Crippen LogP contribution >= 0.6 is 95.6 Å². The Morgan fingerprint density at radius 3 is 1.09 bits per heavy atom. The Morgan fingerprint density at radius 1 is 0.342 bits per heavy atom. The maximum absolute atomic E-state index is 14.3. The second-order valence-electron chi connectivity index (χ2n) is 22.7. The summed E-state index contributed by atoms with van der Waals surface area (Å²) in [6.45, 7) is 11.2. The van der Waals surface area contributed by atoms with E-state index >= 15 is 0 Å². The molecule has 9 aromatic carbocycles. The lowest BCUT2D eigenvalue weighted by Gasteiger charge is -2.15. The van der Waals surface area contributed by atoms with E-state index in [1.54, 1.807) is 66.7 Å². The number of nitrogens with zero attached hydrogens (tertiary/aromatic N) is 3. The third-order valence-electron chi connectivity index (χ3n) is 13.0. The summed E-state index contributed by atoms with van der Waals surface area (Å²) in [5.74, 6) is -8.72. The van der Waals surface area contributed by atoms with Crippen molar-refractivity contribution in [3.8, 4) is 11.1 Å². The molecule has 0 spiro atoms. The van der Waals surface area contributed by atoms with Crippen LogP contribution in [0.2, 0.25) is 0 Å². The first-order valence-electron chi connectivity index (χ1n) is 32.1. The molecule has 0 aliphatic heterocycles. The number of anilines is 11. The minimum absolute atomic E-state index is 0.0148. The summed E-state index contributed by atoms with van der Waals surface area (Å²) in [5.41, 5.74) is 10.2. The van der Waals surface area contributed by atoms with Crippen LogP contribution in [0.3, 0.4) is 0 Å². The Kier molecular flexibility index (Phi) is 42.8. The summed E-state index contributed by atoms with van der Waals surface area (Å²) >= 11 is 18.5. The van der Waals surface area contributed by atoms with Gasteiger partial charge in [0.1, 0.15) is 27.7 Å². The smallest absolute Gasteiger partial charge is 0.423 e. The van der Waals surface area contributed by atoms with Crippen molar-refractivity contribution in [3.63, 3.8) is 0 Å². The number of nitro benzene ring substituents is 3. The third-order valence-corrected chi connectivity index (χ3v) is 17.2. The van der Waals surface area contributed by atoms with Crippen LogP contribution in [0.4, 0.5) is 110 Å². The number of hydrogen-bond donors (Lipinski definition) is 13. The van der Waals surface area contributed by atoms with Crippen molar-refractivity contribution in [1.29, 1.82) is 0 Å². The number of hydrogen-bond acceptors (Lipinski definition) is 19. The van der Waals surface area contributed by atoms with E-state index < -0.39 is 103 Å². The number of nitrogen functional groups attached to an aromatic ring is 2. The van der Waals surface area contributed by atoms with Gasteiger partial charge < -0.3 is 69.4 Å². The number of halogens is 13. The summed E-state index contributed by atoms with van der Waals surface area (Å²) in [5, 5.41) is 70.9. The number of rotatable bonds is 14. The van der Waals surface area contributed by atoms with Gasteiger partial charge in [0, 0.05) is 127 Å². The number of amides is 9. The van der Waals surface area contributed by atoms with Gasteiger partial charge in [0.2, 0.25) is 59.0 Å². The Labute approximate surface area is 710 Å². The van der Waals surface area contributed by atoms with Gasteiger partial charge >= 0.3 is 24.2 Å². The van der Waals surface area contributed by atoms with E-state index in [4.69, 9.17) is 21.5 Å². The number of carbonyl (C=O) groups is 9. The highest BCUT2D eigenvalue weighted by molar-refractivity contribution is 9.11. The molecule has 0 saturated carbocycles.